The van der Waals surface area contributed by atoms with E-state index in [4.69, 9.17) is 4.74 Å². The fourth-order valence-corrected chi connectivity index (χ4v) is 4.06. The Kier molecular flexibility index (Phi) is 6.85. The van der Waals surface area contributed by atoms with Crippen molar-refractivity contribution in [2.75, 3.05) is 44.7 Å². The molecule has 2 aromatic rings. The number of halogens is 2. The Morgan fingerprint density at radius 1 is 0.909 bits per heavy atom. The number of nitrogens with zero attached hydrogens (tertiary/aromatic N) is 2. The van der Waals surface area contributed by atoms with Crippen LogP contribution in [0.4, 0.5) is 14.5 Å². The molecule has 4 rings (SSSR count). The van der Waals surface area contributed by atoms with E-state index < -0.39 is 23.4 Å². The Hall–Kier alpha value is -3.10. The van der Waals surface area contributed by atoms with Crippen LogP contribution >= 0.6 is 0 Å². The number of carbonyl (C=O) groups excluding carboxylic acids is 2. The highest BCUT2D eigenvalue weighted by Gasteiger charge is 2.39. The van der Waals surface area contributed by atoms with Gasteiger partial charge in [0.05, 0.1) is 18.8 Å². The predicted octanol–water partition coefficient (Wildman–Crippen LogP) is 3.50. The average molecular weight is 456 g/mol. The van der Waals surface area contributed by atoms with Gasteiger partial charge in [-0.1, -0.05) is 18.2 Å². The van der Waals surface area contributed by atoms with Crippen LogP contribution < -0.4 is 5.32 Å². The number of morpholine rings is 1. The van der Waals surface area contributed by atoms with E-state index in [-0.39, 0.29) is 23.5 Å². The van der Waals surface area contributed by atoms with Crippen molar-refractivity contribution in [3.63, 3.8) is 0 Å². The van der Waals surface area contributed by atoms with Crippen LogP contribution in [0.25, 0.3) is 5.57 Å². The summed E-state index contributed by atoms with van der Waals surface area (Å²) in [4.78, 5) is 30.1. The third kappa shape index (κ3) is 4.96. The fourth-order valence-electron chi connectivity index (χ4n) is 4.06. The van der Waals surface area contributed by atoms with E-state index in [1.54, 1.807) is 6.07 Å². The van der Waals surface area contributed by atoms with Crippen molar-refractivity contribution in [1.82, 2.24) is 9.80 Å². The number of hydrogen-bond acceptors (Lipinski definition) is 5. The maximum Gasteiger partial charge on any atom is 0.278 e. The lowest BCUT2D eigenvalue weighted by Crippen LogP contribution is -2.39. The Morgan fingerprint density at radius 3 is 2.36 bits per heavy atom. The quantitative estimate of drug-likeness (QED) is 0.648. The Bertz CT molecular complexity index is 1110. The third-order valence-electron chi connectivity index (χ3n) is 6.11. The van der Waals surface area contributed by atoms with Gasteiger partial charge < -0.3 is 10.1 Å². The average Bonchev–Trinajstić information content (AvgIpc) is 3.03. The van der Waals surface area contributed by atoms with Crippen LogP contribution in [0.1, 0.15) is 23.1 Å². The van der Waals surface area contributed by atoms with Gasteiger partial charge in [-0.05, 0) is 49.1 Å². The molecule has 174 valence electrons. The summed E-state index contributed by atoms with van der Waals surface area (Å²) >= 11 is 0. The summed E-state index contributed by atoms with van der Waals surface area (Å²) in [6.07, 6.45) is 0.635. The molecule has 2 amide bonds. The second-order valence-corrected chi connectivity index (χ2v) is 8.37. The Balaban J connectivity index is 1.60. The van der Waals surface area contributed by atoms with E-state index in [0.29, 0.717) is 25.2 Å². The molecule has 0 saturated carbocycles. The highest BCUT2D eigenvalue weighted by molar-refractivity contribution is 6.36. The smallest absolute Gasteiger partial charge is 0.278 e. The summed E-state index contributed by atoms with van der Waals surface area (Å²) in [7, 11) is 0. The van der Waals surface area contributed by atoms with Gasteiger partial charge in [-0.2, -0.15) is 0 Å². The Morgan fingerprint density at radius 2 is 1.67 bits per heavy atom. The van der Waals surface area contributed by atoms with E-state index in [2.05, 4.69) is 10.2 Å². The molecule has 0 atom stereocenters. The minimum atomic E-state index is -1.03. The number of ether oxygens (including phenoxy) is 1. The molecule has 0 spiro atoms. The molecule has 2 heterocycles. The molecule has 0 aromatic heterocycles. The summed E-state index contributed by atoms with van der Waals surface area (Å²) in [5, 5.41) is 2.88. The third-order valence-corrected chi connectivity index (χ3v) is 6.11. The maximum atomic E-state index is 13.8. The minimum Gasteiger partial charge on any atom is -0.379 e. The van der Waals surface area contributed by atoms with Gasteiger partial charge in [-0.25, -0.2) is 8.78 Å². The number of anilines is 1. The van der Waals surface area contributed by atoms with Gasteiger partial charge in [0.15, 0.2) is 11.6 Å². The van der Waals surface area contributed by atoms with Gasteiger partial charge in [0.25, 0.3) is 11.8 Å². The normalized spacial score (nSPS) is 17.3. The zero-order valence-electron chi connectivity index (χ0n) is 18.8. The summed E-state index contributed by atoms with van der Waals surface area (Å²) in [6, 6.07) is 8.84. The molecule has 0 radical (unpaired) electrons. The lowest BCUT2D eigenvalue weighted by Gasteiger charge is -2.27. The molecule has 33 heavy (non-hydrogen) atoms. The molecule has 0 bridgehead atoms. The summed E-state index contributed by atoms with van der Waals surface area (Å²) in [6.45, 7) is 7.95. The first-order valence-corrected chi connectivity index (χ1v) is 11.1. The largest absolute Gasteiger partial charge is 0.379 e. The van der Waals surface area contributed by atoms with Gasteiger partial charge in [0.2, 0.25) is 0 Å². The van der Waals surface area contributed by atoms with Crippen LogP contribution in [0, 0.1) is 25.5 Å². The van der Waals surface area contributed by atoms with Crippen molar-refractivity contribution in [3.05, 3.63) is 70.4 Å². The van der Waals surface area contributed by atoms with E-state index in [1.165, 1.54) is 11.0 Å². The second kappa shape index (κ2) is 9.80. The molecule has 2 aliphatic heterocycles. The molecule has 6 nitrogen and oxygen atoms in total. The lowest BCUT2D eigenvalue weighted by molar-refractivity contribution is -0.136. The molecule has 0 unspecified atom stereocenters. The molecule has 1 fully saturated rings. The molecule has 1 N–H and O–H groups in total. The molecular weight excluding hydrogens is 428 g/mol. The molecular formula is C25H27F2N3O3. The number of hydrogen-bond donors (Lipinski definition) is 1. The molecule has 2 aliphatic rings. The van der Waals surface area contributed by atoms with Crippen molar-refractivity contribution < 1.29 is 23.1 Å². The number of benzene rings is 2. The zero-order valence-corrected chi connectivity index (χ0v) is 18.8. The lowest BCUT2D eigenvalue weighted by atomic mass is 9.99. The van der Waals surface area contributed by atoms with Crippen LogP contribution in [0.15, 0.2) is 42.1 Å². The van der Waals surface area contributed by atoms with Crippen LogP contribution in [0.5, 0.6) is 0 Å². The van der Waals surface area contributed by atoms with Crippen LogP contribution in [-0.4, -0.2) is 61.0 Å². The van der Waals surface area contributed by atoms with Crippen molar-refractivity contribution >= 4 is 23.1 Å². The Labute approximate surface area is 191 Å². The topological polar surface area (TPSA) is 61.9 Å². The summed E-state index contributed by atoms with van der Waals surface area (Å²) in [5.41, 5.74) is 3.16. The summed E-state index contributed by atoms with van der Waals surface area (Å²) in [5.74, 6) is -2.88. The van der Waals surface area contributed by atoms with E-state index >= 15 is 0 Å². The number of carbonyl (C=O) groups is 2. The summed E-state index contributed by atoms with van der Waals surface area (Å²) < 4.78 is 32.5. The van der Waals surface area contributed by atoms with Gasteiger partial charge in [0.1, 0.15) is 5.70 Å². The van der Waals surface area contributed by atoms with Gasteiger partial charge >= 0.3 is 0 Å². The highest BCUT2D eigenvalue weighted by atomic mass is 19.2. The first-order chi connectivity index (χ1) is 15.8. The number of amides is 2. The maximum absolute atomic E-state index is 13.8. The number of rotatable bonds is 7. The zero-order chi connectivity index (χ0) is 23.5. The van der Waals surface area contributed by atoms with E-state index in [9.17, 15) is 18.4 Å². The van der Waals surface area contributed by atoms with Crippen molar-refractivity contribution in [3.8, 4) is 0 Å². The van der Waals surface area contributed by atoms with Crippen molar-refractivity contribution in [2.24, 2.45) is 0 Å². The predicted molar refractivity (Wildman–Crippen MR) is 121 cm³/mol. The van der Waals surface area contributed by atoms with E-state index in [0.717, 1.165) is 42.9 Å². The van der Waals surface area contributed by atoms with Crippen LogP contribution in [-0.2, 0) is 14.3 Å². The number of imide groups is 1. The highest BCUT2D eigenvalue weighted by Crippen LogP contribution is 2.32. The van der Waals surface area contributed by atoms with E-state index in [1.807, 2.05) is 26.0 Å². The monoisotopic (exact) mass is 455 g/mol. The second-order valence-electron chi connectivity index (χ2n) is 8.37. The molecule has 2 aromatic carbocycles. The van der Waals surface area contributed by atoms with Gasteiger partial charge in [-0.15, -0.1) is 0 Å². The van der Waals surface area contributed by atoms with Crippen LogP contribution in [0.3, 0.4) is 0 Å². The first kappa shape index (κ1) is 23.1. The molecule has 8 heteroatoms. The SMILES string of the molecule is Cc1ccc(C2=C(Nc3ccc(F)c(F)c3)C(=O)N(CCCN3CCOCC3)C2=O)cc1C. The number of aryl methyl sites for hydroxylation is 2. The van der Waals surface area contributed by atoms with Gasteiger partial charge in [0, 0.05) is 37.9 Å². The fraction of sp³-hybridized carbons (Fsp3) is 0.360. The number of nitrogens with one attached hydrogen (secondary N) is 1. The van der Waals surface area contributed by atoms with Crippen molar-refractivity contribution in [2.45, 2.75) is 20.3 Å². The van der Waals surface area contributed by atoms with Gasteiger partial charge in [-0.3, -0.25) is 19.4 Å². The van der Waals surface area contributed by atoms with Crippen molar-refractivity contribution in [1.29, 1.82) is 0 Å². The first-order valence-electron chi connectivity index (χ1n) is 11.1. The molecule has 0 aliphatic carbocycles. The van der Waals surface area contributed by atoms with Crippen LogP contribution in [0.2, 0.25) is 0 Å². The standard InChI is InChI=1S/C25H27F2N3O3/c1-16-4-5-18(14-17(16)2)22-23(28-19-6-7-20(26)21(27)15-19)25(32)30(24(22)31)9-3-8-29-10-12-33-13-11-29/h4-7,14-15,28H,3,8-13H2,1-2H3. The minimum absolute atomic E-state index is 0.0700. The molecule has 1 saturated heterocycles.